The van der Waals surface area contributed by atoms with Crippen molar-refractivity contribution >= 4 is 45.8 Å². The lowest BCUT2D eigenvalue weighted by atomic mass is 9.99. The number of thiophene rings is 1. The van der Waals surface area contributed by atoms with Crippen molar-refractivity contribution < 1.29 is 29.6 Å². The highest BCUT2D eigenvalue weighted by molar-refractivity contribution is 7.16. The highest BCUT2D eigenvalue weighted by atomic mass is 35.5. The third kappa shape index (κ3) is 5.29. The number of halogens is 1. The molecule has 0 bridgehead atoms. The van der Waals surface area contributed by atoms with Gasteiger partial charge in [-0.3, -0.25) is 4.79 Å². The van der Waals surface area contributed by atoms with Crippen molar-refractivity contribution in [1.82, 2.24) is 14.5 Å². The fourth-order valence-corrected chi connectivity index (χ4v) is 7.03. The third-order valence-corrected chi connectivity index (χ3v) is 9.42. The minimum absolute atomic E-state index is 0.101. The SMILES string of the molecule is CCOC(=O)[C@]12C[C@@H]1[C@@H](n1ccc3c(NCCCc4ccc(OC)c(O)c4)nc(C#Cc4ccc(Cl)s4)nc31)[C@H](O)[C@@H]2O. The Hall–Kier alpha value is -3.82. The summed E-state index contributed by atoms with van der Waals surface area (Å²) in [5.74, 6) is 6.72. The van der Waals surface area contributed by atoms with Crippen LogP contribution in [0.2, 0.25) is 4.34 Å². The number of aromatic nitrogens is 3. The van der Waals surface area contributed by atoms with Crippen molar-refractivity contribution in [3.8, 4) is 23.3 Å². The van der Waals surface area contributed by atoms with E-state index in [1.54, 1.807) is 31.3 Å². The van der Waals surface area contributed by atoms with Crippen molar-refractivity contribution in [2.75, 3.05) is 25.6 Å². The van der Waals surface area contributed by atoms with Crippen LogP contribution in [-0.2, 0) is 16.0 Å². The molecule has 0 radical (unpaired) electrons. The molecule has 0 amide bonds. The van der Waals surface area contributed by atoms with E-state index in [1.807, 2.05) is 22.8 Å². The van der Waals surface area contributed by atoms with E-state index < -0.39 is 29.6 Å². The van der Waals surface area contributed by atoms with Gasteiger partial charge in [-0.1, -0.05) is 17.7 Å². The third-order valence-electron chi connectivity index (χ3n) is 8.27. The molecule has 2 aliphatic carbocycles. The first-order valence-electron chi connectivity index (χ1n) is 14.1. The van der Waals surface area contributed by atoms with Crippen LogP contribution in [0.4, 0.5) is 5.82 Å². The molecule has 10 nitrogen and oxygen atoms in total. The molecule has 3 heterocycles. The van der Waals surface area contributed by atoms with Crippen LogP contribution in [0.5, 0.6) is 11.5 Å². The number of carbonyl (C=O) groups excluding carboxylic acids is 1. The predicted octanol–water partition coefficient (Wildman–Crippen LogP) is 4.15. The average molecular weight is 623 g/mol. The number of anilines is 1. The van der Waals surface area contributed by atoms with Gasteiger partial charge in [0.1, 0.15) is 23.0 Å². The molecule has 43 heavy (non-hydrogen) atoms. The number of ether oxygens (including phenoxy) is 2. The summed E-state index contributed by atoms with van der Waals surface area (Å²) in [5.41, 5.74) is 0.402. The maximum Gasteiger partial charge on any atom is 0.315 e. The number of nitrogens with zero attached hydrogens (tertiary/aromatic N) is 3. The predicted molar refractivity (Wildman–Crippen MR) is 163 cm³/mol. The van der Waals surface area contributed by atoms with Crippen LogP contribution in [-0.4, -0.2) is 68.3 Å². The zero-order valence-electron chi connectivity index (χ0n) is 23.6. The van der Waals surface area contributed by atoms with Crippen molar-refractivity contribution in [1.29, 1.82) is 0 Å². The lowest BCUT2D eigenvalue weighted by Crippen LogP contribution is -2.38. The number of methoxy groups -OCH3 is 1. The Bertz CT molecular complexity index is 1740. The second kappa shape index (κ2) is 11.7. The molecule has 2 aliphatic rings. The Kier molecular flexibility index (Phi) is 7.96. The van der Waals surface area contributed by atoms with Gasteiger partial charge in [-0.2, -0.15) is 0 Å². The number of nitrogens with one attached hydrogen (secondary N) is 1. The van der Waals surface area contributed by atoms with Gasteiger partial charge in [-0.25, -0.2) is 9.97 Å². The first kappa shape index (κ1) is 29.3. The molecule has 0 spiro atoms. The second-order valence-corrected chi connectivity index (χ2v) is 12.5. The molecule has 1 aromatic carbocycles. The summed E-state index contributed by atoms with van der Waals surface area (Å²) in [6.07, 6.45) is 1.30. The minimum atomic E-state index is -1.24. The van der Waals surface area contributed by atoms with E-state index in [-0.39, 0.29) is 24.1 Å². The Labute approximate surface area is 257 Å². The van der Waals surface area contributed by atoms with Gasteiger partial charge in [0.15, 0.2) is 11.5 Å². The zero-order valence-corrected chi connectivity index (χ0v) is 25.2. The number of aryl methyl sites for hydroxylation is 1. The Morgan fingerprint density at radius 2 is 2.07 bits per heavy atom. The van der Waals surface area contributed by atoms with Gasteiger partial charge in [0.25, 0.3) is 0 Å². The summed E-state index contributed by atoms with van der Waals surface area (Å²) in [5, 5.41) is 36.3. The largest absolute Gasteiger partial charge is 0.504 e. The molecule has 224 valence electrons. The number of hydrogen-bond acceptors (Lipinski definition) is 10. The lowest BCUT2D eigenvalue weighted by Gasteiger charge is -2.24. The number of aromatic hydroxyl groups is 1. The molecule has 5 atom stereocenters. The highest BCUT2D eigenvalue weighted by Crippen LogP contribution is 2.68. The van der Waals surface area contributed by atoms with E-state index in [9.17, 15) is 20.1 Å². The molecular formula is C31H31ClN4O6S. The van der Waals surface area contributed by atoms with Crippen LogP contribution in [0, 0.1) is 23.2 Å². The van der Waals surface area contributed by atoms with Crippen LogP contribution in [0.25, 0.3) is 11.0 Å². The Morgan fingerprint density at radius 3 is 2.79 bits per heavy atom. The van der Waals surface area contributed by atoms with Gasteiger partial charge >= 0.3 is 5.97 Å². The van der Waals surface area contributed by atoms with Gasteiger partial charge in [0.05, 0.1) is 40.5 Å². The first-order valence-corrected chi connectivity index (χ1v) is 15.2. The molecular weight excluding hydrogens is 592 g/mol. The minimum Gasteiger partial charge on any atom is -0.504 e. The molecule has 4 N–H and O–H groups in total. The number of fused-ring (bicyclic) bond motifs is 2. The van der Waals surface area contributed by atoms with Crippen LogP contribution < -0.4 is 10.1 Å². The number of phenolic OH excluding ortho intramolecular Hbond substituents is 1. The van der Waals surface area contributed by atoms with Gasteiger partial charge in [-0.15, -0.1) is 11.3 Å². The van der Waals surface area contributed by atoms with E-state index in [4.69, 9.17) is 31.0 Å². The van der Waals surface area contributed by atoms with Gasteiger partial charge < -0.3 is 34.7 Å². The smallest absolute Gasteiger partial charge is 0.315 e. The number of esters is 1. The standard InChI is InChI=1S/C31H31ClN4O6S/c1-3-42-30(40)31-16-20(31)25(26(38)27(31)39)36-14-12-19-28(33-13-4-5-17-6-9-22(41-2)21(37)15-17)34-24(35-29(19)36)11-8-18-7-10-23(32)43-18/h6-7,9-10,12,14-15,20,25-27,37-39H,3-5,13,16H2,1-2H3,(H,33,34,35)/t20-,25-,26+,27+,31-/m1/s1. The second-order valence-electron chi connectivity index (χ2n) is 10.7. The Morgan fingerprint density at radius 1 is 1.23 bits per heavy atom. The van der Waals surface area contributed by atoms with Crippen LogP contribution >= 0.6 is 22.9 Å². The molecule has 0 unspecified atom stereocenters. The zero-order chi connectivity index (χ0) is 30.3. The van der Waals surface area contributed by atoms with Crippen molar-refractivity contribution in [3.63, 3.8) is 0 Å². The number of aliphatic hydroxyl groups is 2. The average Bonchev–Trinajstić information content (AvgIpc) is 3.23. The van der Waals surface area contributed by atoms with Gasteiger partial charge in [-0.05, 0) is 73.9 Å². The molecule has 2 saturated carbocycles. The first-order chi connectivity index (χ1) is 20.8. The molecule has 2 fully saturated rings. The van der Waals surface area contributed by atoms with E-state index >= 15 is 0 Å². The molecule has 12 heteroatoms. The molecule has 3 aromatic heterocycles. The van der Waals surface area contributed by atoms with E-state index in [0.717, 1.165) is 28.7 Å². The number of benzene rings is 1. The van der Waals surface area contributed by atoms with Crippen LogP contribution in [0.3, 0.4) is 0 Å². The Balaban J connectivity index is 1.29. The highest BCUT2D eigenvalue weighted by Gasteiger charge is 2.76. The number of carbonyl (C=O) groups is 1. The summed E-state index contributed by atoms with van der Waals surface area (Å²) >= 11 is 7.42. The summed E-state index contributed by atoms with van der Waals surface area (Å²) in [6.45, 7) is 2.50. The molecule has 4 aromatic rings. The number of aliphatic hydroxyl groups excluding tert-OH is 2. The molecule has 0 aliphatic heterocycles. The monoisotopic (exact) mass is 622 g/mol. The van der Waals surface area contributed by atoms with Gasteiger partial charge in [0, 0.05) is 18.7 Å². The fourth-order valence-electron chi connectivity index (χ4n) is 6.13. The van der Waals surface area contributed by atoms with E-state index in [0.29, 0.717) is 34.5 Å². The maximum atomic E-state index is 12.8. The quantitative estimate of drug-likeness (QED) is 0.123. The summed E-state index contributed by atoms with van der Waals surface area (Å²) < 4.78 is 12.8. The number of hydrogen-bond donors (Lipinski definition) is 4. The summed E-state index contributed by atoms with van der Waals surface area (Å²) in [7, 11) is 1.51. The lowest BCUT2D eigenvalue weighted by molar-refractivity contribution is -0.156. The molecule has 0 saturated heterocycles. The number of phenols is 1. The van der Waals surface area contributed by atoms with Gasteiger partial charge in [0.2, 0.25) is 5.82 Å². The van der Waals surface area contributed by atoms with Crippen molar-refractivity contribution in [3.05, 3.63) is 63.2 Å². The fraction of sp³-hybridized carbons (Fsp3) is 0.387. The van der Waals surface area contributed by atoms with E-state index in [1.165, 1.54) is 18.4 Å². The summed E-state index contributed by atoms with van der Waals surface area (Å²) in [6, 6.07) is 10.3. The maximum absolute atomic E-state index is 12.8. The van der Waals surface area contributed by atoms with Crippen LogP contribution in [0.15, 0.2) is 42.6 Å². The molecule has 6 rings (SSSR count). The van der Waals surface area contributed by atoms with Crippen molar-refractivity contribution in [2.45, 2.75) is 44.4 Å². The summed E-state index contributed by atoms with van der Waals surface area (Å²) in [4.78, 5) is 23.0. The topological polar surface area (TPSA) is 139 Å². The normalized spacial score (nSPS) is 23.8. The number of rotatable bonds is 9. The van der Waals surface area contributed by atoms with E-state index in [2.05, 4.69) is 17.2 Å². The van der Waals surface area contributed by atoms with Crippen molar-refractivity contribution in [2.24, 2.45) is 11.3 Å². The van der Waals surface area contributed by atoms with Crippen LogP contribution in [0.1, 0.15) is 42.1 Å².